The summed E-state index contributed by atoms with van der Waals surface area (Å²) in [6.07, 6.45) is 3.85. The third-order valence-corrected chi connectivity index (χ3v) is 6.38. The van der Waals surface area contributed by atoms with E-state index in [4.69, 9.17) is 7.58 Å². The lowest BCUT2D eigenvalue weighted by Crippen LogP contribution is -2.17. The van der Waals surface area contributed by atoms with Gasteiger partial charge in [0.1, 0.15) is 0 Å². The molecular weight excluding hydrogens is 399 g/mol. The average molecular weight is 435 g/mol. The summed E-state index contributed by atoms with van der Waals surface area (Å²) in [6, 6.07) is 8.82. The van der Waals surface area contributed by atoms with Crippen LogP contribution in [0.25, 0.3) is 0 Å². The maximum Gasteiger partial charge on any atom is 0.832 e. The molecule has 1 heterocycles. The van der Waals surface area contributed by atoms with E-state index in [1.165, 1.54) is 11.1 Å². The molecule has 164 valence electrons. The molecule has 2 aromatic rings. The van der Waals surface area contributed by atoms with Gasteiger partial charge in [-0.05, 0) is 59.1 Å². The van der Waals surface area contributed by atoms with E-state index in [-0.39, 0.29) is 10.8 Å². The van der Waals surface area contributed by atoms with E-state index in [2.05, 4.69) is 89.6 Å². The van der Waals surface area contributed by atoms with E-state index in [0.29, 0.717) is 13.1 Å². The van der Waals surface area contributed by atoms with Crippen molar-refractivity contribution in [1.29, 1.82) is 0 Å². The van der Waals surface area contributed by atoms with Crippen LogP contribution >= 0.6 is 0 Å². The lowest BCUT2D eigenvalue weighted by atomic mass is 9.85. The minimum absolute atomic E-state index is 0.0633. The first-order chi connectivity index (χ1) is 14.5. The quantitative estimate of drug-likeness (QED) is 0.516. The fourth-order valence-electron chi connectivity index (χ4n) is 3.64. The van der Waals surface area contributed by atoms with E-state index in [1.807, 2.05) is 12.4 Å². The first-order valence-corrected chi connectivity index (χ1v) is 12.2. The largest absolute Gasteiger partial charge is 0.832 e. The summed E-state index contributed by atoms with van der Waals surface area (Å²) < 4.78 is 12.6. The van der Waals surface area contributed by atoms with Crippen LogP contribution in [0, 0.1) is 13.8 Å². The van der Waals surface area contributed by atoms with Crippen LogP contribution in [0.3, 0.4) is 0 Å². The van der Waals surface area contributed by atoms with Gasteiger partial charge in [-0.25, -0.2) is 0 Å². The first kappa shape index (κ1) is 23.6. The molecule has 0 N–H and O–H groups in total. The summed E-state index contributed by atoms with van der Waals surface area (Å²) in [7, 11) is 0. The minimum atomic E-state index is -1.30. The highest BCUT2D eigenvalue weighted by Gasteiger charge is 2.21. The third-order valence-electron chi connectivity index (χ3n) is 5.56. The molecule has 1 aliphatic heterocycles. The topological polar surface area (TPSA) is 43.2 Å². The molecule has 0 unspecified atom stereocenters. The van der Waals surface area contributed by atoms with Gasteiger partial charge < -0.3 is 7.58 Å². The van der Waals surface area contributed by atoms with Crippen LogP contribution < -0.4 is 7.58 Å². The molecule has 0 spiro atoms. The van der Waals surface area contributed by atoms with Gasteiger partial charge in [0.25, 0.3) is 0 Å². The highest BCUT2D eigenvalue weighted by atomic mass is 27.2. The first-order valence-electron chi connectivity index (χ1n) is 11.0. The van der Waals surface area contributed by atoms with Crippen LogP contribution in [0.2, 0.25) is 0 Å². The summed E-state index contributed by atoms with van der Waals surface area (Å²) in [4.78, 5) is 9.25. The van der Waals surface area contributed by atoms with Crippen molar-refractivity contribution in [2.75, 3.05) is 13.1 Å². The Hall–Kier alpha value is -2.09. The molecule has 1 aliphatic rings. The summed E-state index contributed by atoms with van der Waals surface area (Å²) in [5.41, 5.74) is 6.96. The molecule has 5 heteroatoms. The molecule has 0 amide bonds. The number of aryl methyl sites for hydroxylation is 2. The molecule has 2 aromatic carbocycles. The molecule has 0 saturated carbocycles. The Morgan fingerprint density at radius 1 is 0.677 bits per heavy atom. The Kier molecular flexibility index (Phi) is 6.99. The number of nitrogens with zero attached hydrogens (tertiary/aromatic N) is 2. The second-order valence-electron chi connectivity index (χ2n) is 10.4. The molecule has 0 fully saturated rings. The van der Waals surface area contributed by atoms with Gasteiger partial charge >= 0.3 is 15.9 Å². The number of aliphatic imine (C=N–C) groups is 2. The van der Waals surface area contributed by atoms with Crippen molar-refractivity contribution in [3.63, 3.8) is 0 Å². The number of hydrogen-bond acceptors (Lipinski definition) is 4. The maximum absolute atomic E-state index is 6.29. The SMILES string of the molecule is Cc1cc(C(C)(C)C)cc2c1[O][AlH][O]c1c(C)cc(C(C)(C)C)cc1C=NCCN=C2. The Labute approximate surface area is 194 Å². The second kappa shape index (κ2) is 9.19. The second-order valence-corrected chi connectivity index (χ2v) is 11.2. The van der Waals surface area contributed by atoms with Crippen LogP contribution in [0.15, 0.2) is 34.3 Å². The number of rotatable bonds is 0. The van der Waals surface area contributed by atoms with E-state index >= 15 is 0 Å². The smallest absolute Gasteiger partial charge is 0.614 e. The van der Waals surface area contributed by atoms with Gasteiger partial charge in [-0.3, -0.25) is 9.98 Å². The summed E-state index contributed by atoms with van der Waals surface area (Å²) >= 11 is -1.30. The normalized spacial score (nSPS) is 14.7. The van der Waals surface area contributed by atoms with Crippen LogP contribution in [0.1, 0.15) is 74.9 Å². The van der Waals surface area contributed by atoms with Gasteiger partial charge in [0, 0.05) is 23.6 Å². The van der Waals surface area contributed by atoms with E-state index in [1.54, 1.807) is 0 Å². The molecule has 0 atom stereocenters. The van der Waals surface area contributed by atoms with Gasteiger partial charge in [0.2, 0.25) is 0 Å². The summed E-state index contributed by atoms with van der Waals surface area (Å²) in [6.45, 7) is 18.8. The van der Waals surface area contributed by atoms with E-state index in [0.717, 1.165) is 33.8 Å². The van der Waals surface area contributed by atoms with Crippen LogP contribution in [-0.4, -0.2) is 41.4 Å². The van der Waals surface area contributed by atoms with Crippen molar-refractivity contribution in [3.05, 3.63) is 57.6 Å². The van der Waals surface area contributed by atoms with Crippen molar-refractivity contribution in [1.82, 2.24) is 0 Å². The average Bonchev–Trinajstić information content (AvgIpc) is 2.67. The fourth-order valence-corrected chi connectivity index (χ4v) is 4.73. The predicted molar refractivity (Wildman–Crippen MR) is 133 cm³/mol. The molecule has 31 heavy (non-hydrogen) atoms. The number of hydrogen-bond donors (Lipinski definition) is 0. The zero-order chi connectivity index (χ0) is 22.8. The Bertz CT molecular complexity index is 930. The lowest BCUT2D eigenvalue weighted by molar-refractivity contribution is 0.453. The highest BCUT2D eigenvalue weighted by Crippen LogP contribution is 2.33. The molecule has 0 radical (unpaired) electrons. The predicted octanol–water partition coefficient (Wildman–Crippen LogP) is 5.47. The zero-order valence-corrected chi connectivity index (χ0v) is 21.7. The number of fused-ring (bicyclic) bond motifs is 2. The molecule has 0 saturated heterocycles. The van der Waals surface area contributed by atoms with Crippen molar-refractivity contribution >= 4 is 28.3 Å². The van der Waals surface area contributed by atoms with Crippen LogP contribution in [0.5, 0.6) is 11.5 Å². The fraction of sp³-hybridized carbons (Fsp3) is 0.462. The molecule has 4 nitrogen and oxygen atoms in total. The monoisotopic (exact) mass is 434 g/mol. The molecule has 0 aromatic heterocycles. The zero-order valence-electron chi connectivity index (χ0n) is 20.3. The van der Waals surface area contributed by atoms with Gasteiger partial charge in [-0.15, -0.1) is 0 Å². The van der Waals surface area contributed by atoms with Gasteiger partial charge in [-0.2, -0.15) is 0 Å². The molecular formula is C26H35AlN2O2. The lowest BCUT2D eigenvalue weighted by Gasteiger charge is -2.24. The van der Waals surface area contributed by atoms with E-state index in [9.17, 15) is 0 Å². The summed E-state index contributed by atoms with van der Waals surface area (Å²) in [5.74, 6) is 1.77. The highest BCUT2D eigenvalue weighted by molar-refractivity contribution is 6.21. The van der Waals surface area contributed by atoms with Crippen LogP contribution in [-0.2, 0) is 10.8 Å². The Morgan fingerprint density at radius 2 is 1.06 bits per heavy atom. The van der Waals surface area contributed by atoms with Crippen LogP contribution in [0.4, 0.5) is 0 Å². The van der Waals surface area contributed by atoms with Gasteiger partial charge in [-0.1, -0.05) is 53.7 Å². The minimum Gasteiger partial charge on any atom is -0.614 e. The van der Waals surface area contributed by atoms with Gasteiger partial charge in [0.05, 0.1) is 24.6 Å². The van der Waals surface area contributed by atoms with E-state index < -0.39 is 15.9 Å². The van der Waals surface area contributed by atoms with Crippen molar-refractivity contribution in [2.24, 2.45) is 9.98 Å². The maximum atomic E-state index is 6.29. The standard InChI is InChI=1S/C26H36N2O2.Al.H/c1-17-11-21(25(3,4)5)13-19(23(17)29)15-27-9-10-28-16-20-14-22(26(6,7)8)12-18(2)24(20)30;;/h11-16,29-30H,9-10H2,1-8H3;;/q;+2;/p-2. The van der Waals surface area contributed by atoms with Crippen molar-refractivity contribution in [2.45, 2.75) is 66.2 Å². The molecule has 0 bridgehead atoms. The Morgan fingerprint density at radius 3 is 1.42 bits per heavy atom. The molecule has 3 rings (SSSR count). The third kappa shape index (κ3) is 5.79. The summed E-state index contributed by atoms with van der Waals surface area (Å²) in [5, 5.41) is 0. The molecule has 0 aliphatic carbocycles. The van der Waals surface area contributed by atoms with Gasteiger partial charge in [0.15, 0.2) is 0 Å². The van der Waals surface area contributed by atoms with Crippen molar-refractivity contribution < 1.29 is 7.58 Å². The Balaban J connectivity index is 2.00. The number of benzene rings is 2. The van der Waals surface area contributed by atoms with Crippen molar-refractivity contribution in [3.8, 4) is 11.5 Å².